The first kappa shape index (κ1) is 18.4. The third-order valence-electron chi connectivity index (χ3n) is 5.25. The van der Waals surface area contributed by atoms with Crippen LogP contribution in [0.15, 0.2) is 58.8 Å². The van der Waals surface area contributed by atoms with E-state index in [2.05, 4.69) is 23.2 Å². The smallest absolute Gasteiger partial charge is 0.259 e. The number of hydrogen-bond donors (Lipinski definition) is 0. The van der Waals surface area contributed by atoms with Gasteiger partial charge in [0.1, 0.15) is 10.7 Å². The summed E-state index contributed by atoms with van der Waals surface area (Å²) in [5, 5.41) is 5.98. The van der Waals surface area contributed by atoms with E-state index < -0.39 is 0 Å². The van der Waals surface area contributed by atoms with Crippen LogP contribution in [0.5, 0.6) is 0 Å². The Hall–Kier alpha value is -2.60. The second kappa shape index (κ2) is 6.73. The summed E-state index contributed by atoms with van der Waals surface area (Å²) in [5.41, 5.74) is 4.08. The molecular weight excluding hydrogens is 425 g/mol. The number of halogens is 2. The van der Waals surface area contributed by atoms with E-state index in [-0.39, 0.29) is 5.56 Å². The highest BCUT2D eigenvalue weighted by Crippen LogP contribution is 2.35. The molecule has 0 aliphatic heterocycles. The first-order valence-corrected chi connectivity index (χ1v) is 10.6. The van der Waals surface area contributed by atoms with Gasteiger partial charge in [0.05, 0.1) is 10.5 Å². The van der Waals surface area contributed by atoms with Crippen LogP contribution in [0.3, 0.4) is 0 Å². The molecule has 0 saturated heterocycles. The lowest BCUT2D eigenvalue weighted by Crippen LogP contribution is -2.20. The highest BCUT2D eigenvalue weighted by Gasteiger charge is 2.18. The average molecular weight is 440 g/mol. The zero-order valence-electron chi connectivity index (χ0n) is 15.6. The van der Waals surface area contributed by atoms with Gasteiger partial charge in [-0.25, -0.2) is 4.98 Å². The van der Waals surface area contributed by atoms with Gasteiger partial charge < -0.3 is 4.57 Å². The maximum absolute atomic E-state index is 13.2. The molecule has 0 fully saturated rings. The number of hydrogen-bond acceptors (Lipinski definition) is 3. The lowest BCUT2D eigenvalue weighted by atomic mass is 10.0. The summed E-state index contributed by atoms with van der Waals surface area (Å²) in [7, 11) is 3.76. The lowest BCUT2D eigenvalue weighted by molar-refractivity contribution is 0.846. The van der Waals surface area contributed by atoms with E-state index >= 15 is 0 Å². The standard InChI is InChI=1S/C22H15Cl2N3OS/c1-26-19-6-3-12(20-25-7-8-29-20)9-15(19)16-11-17(22(28)27(2)21(16)26)14-5-4-13(23)10-18(14)24/h3-11H,1-2H3. The molecule has 3 heterocycles. The summed E-state index contributed by atoms with van der Waals surface area (Å²) in [6, 6.07) is 13.4. The van der Waals surface area contributed by atoms with Crippen LogP contribution >= 0.6 is 34.5 Å². The topological polar surface area (TPSA) is 39.8 Å². The van der Waals surface area contributed by atoms with Crippen molar-refractivity contribution in [2.75, 3.05) is 0 Å². The molecule has 3 aromatic heterocycles. The third-order valence-corrected chi connectivity index (χ3v) is 6.62. The predicted octanol–water partition coefficient (Wildman–Crippen LogP) is 6.13. The van der Waals surface area contributed by atoms with Gasteiger partial charge in [0.15, 0.2) is 0 Å². The molecule has 0 saturated carbocycles. The van der Waals surface area contributed by atoms with E-state index in [0.29, 0.717) is 21.2 Å². The van der Waals surface area contributed by atoms with E-state index in [0.717, 1.165) is 32.5 Å². The molecule has 0 bridgehead atoms. The second-order valence-corrected chi connectivity index (χ2v) is 8.65. The van der Waals surface area contributed by atoms with Crippen molar-refractivity contribution in [1.82, 2.24) is 14.1 Å². The summed E-state index contributed by atoms with van der Waals surface area (Å²) in [6.07, 6.45) is 1.80. The molecule has 0 aliphatic carbocycles. The molecule has 0 aliphatic rings. The van der Waals surface area contributed by atoms with Crippen LogP contribution in [0, 0.1) is 0 Å². The average Bonchev–Trinajstić information content (AvgIpc) is 3.32. The van der Waals surface area contributed by atoms with E-state index in [1.54, 1.807) is 47.3 Å². The molecule has 144 valence electrons. The van der Waals surface area contributed by atoms with Crippen LogP contribution < -0.4 is 5.56 Å². The quantitative estimate of drug-likeness (QED) is 0.331. The number of thiazole rings is 1. The van der Waals surface area contributed by atoms with Gasteiger partial charge in [-0.3, -0.25) is 9.36 Å². The lowest BCUT2D eigenvalue weighted by Gasteiger charge is -2.09. The maximum atomic E-state index is 13.2. The highest BCUT2D eigenvalue weighted by molar-refractivity contribution is 7.13. The van der Waals surface area contributed by atoms with Gasteiger partial charge in [-0.1, -0.05) is 29.3 Å². The molecule has 29 heavy (non-hydrogen) atoms. The molecule has 5 rings (SSSR count). The largest absolute Gasteiger partial charge is 0.330 e. The van der Waals surface area contributed by atoms with Crippen LogP contribution in [-0.4, -0.2) is 14.1 Å². The normalized spacial score (nSPS) is 11.6. The molecule has 0 radical (unpaired) electrons. The Morgan fingerprint density at radius 1 is 0.931 bits per heavy atom. The minimum absolute atomic E-state index is 0.104. The van der Waals surface area contributed by atoms with Gasteiger partial charge in [0.25, 0.3) is 5.56 Å². The summed E-state index contributed by atoms with van der Waals surface area (Å²) >= 11 is 14.1. The zero-order chi connectivity index (χ0) is 20.3. The van der Waals surface area contributed by atoms with Crippen LogP contribution in [0.1, 0.15) is 0 Å². The molecule has 5 aromatic rings. The van der Waals surface area contributed by atoms with E-state index in [4.69, 9.17) is 23.2 Å². The molecule has 0 amide bonds. The maximum Gasteiger partial charge on any atom is 0.259 e. The predicted molar refractivity (Wildman–Crippen MR) is 122 cm³/mol. The van der Waals surface area contributed by atoms with Crippen molar-refractivity contribution in [1.29, 1.82) is 0 Å². The number of aromatic nitrogens is 3. The minimum Gasteiger partial charge on any atom is -0.330 e. The van der Waals surface area contributed by atoms with Gasteiger partial charge >= 0.3 is 0 Å². The summed E-state index contributed by atoms with van der Waals surface area (Å²) in [6.45, 7) is 0. The number of benzene rings is 2. The summed E-state index contributed by atoms with van der Waals surface area (Å²) < 4.78 is 3.73. The molecule has 2 aromatic carbocycles. The summed E-state index contributed by atoms with van der Waals surface area (Å²) in [5.74, 6) is 0. The Morgan fingerprint density at radius 2 is 1.76 bits per heavy atom. The fraction of sp³-hybridized carbons (Fsp3) is 0.0909. The van der Waals surface area contributed by atoms with E-state index in [9.17, 15) is 4.79 Å². The zero-order valence-corrected chi connectivity index (χ0v) is 17.9. The Morgan fingerprint density at radius 3 is 2.48 bits per heavy atom. The Kier molecular flexibility index (Phi) is 4.28. The van der Waals surface area contributed by atoms with Gasteiger partial charge in [0.2, 0.25) is 0 Å². The van der Waals surface area contributed by atoms with E-state index in [1.165, 1.54) is 0 Å². The molecule has 0 unspecified atom stereocenters. The van der Waals surface area contributed by atoms with Gasteiger partial charge in [-0.15, -0.1) is 11.3 Å². The molecular formula is C22H15Cl2N3OS. The molecule has 0 atom stereocenters. The van der Waals surface area contributed by atoms with Crippen molar-refractivity contribution >= 4 is 56.5 Å². The van der Waals surface area contributed by atoms with Crippen molar-refractivity contribution in [3.05, 3.63) is 74.4 Å². The first-order chi connectivity index (χ1) is 14.0. The van der Waals surface area contributed by atoms with Crippen molar-refractivity contribution in [2.24, 2.45) is 14.1 Å². The fourth-order valence-electron chi connectivity index (χ4n) is 3.89. The third kappa shape index (κ3) is 2.81. The van der Waals surface area contributed by atoms with Crippen LogP contribution in [0.2, 0.25) is 10.0 Å². The van der Waals surface area contributed by atoms with Crippen molar-refractivity contribution in [3.63, 3.8) is 0 Å². The monoisotopic (exact) mass is 439 g/mol. The van der Waals surface area contributed by atoms with Crippen molar-refractivity contribution < 1.29 is 0 Å². The summed E-state index contributed by atoms with van der Waals surface area (Å²) in [4.78, 5) is 17.6. The molecule has 0 N–H and O–H groups in total. The van der Waals surface area contributed by atoms with E-state index in [1.807, 2.05) is 23.1 Å². The number of aryl methyl sites for hydroxylation is 2. The second-order valence-electron chi connectivity index (χ2n) is 6.91. The Labute approximate surface area is 180 Å². The fourth-order valence-corrected chi connectivity index (χ4v) is 5.04. The number of rotatable bonds is 2. The van der Waals surface area contributed by atoms with Crippen molar-refractivity contribution in [3.8, 4) is 21.7 Å². The Bertz CT molecular complexity index is 1470. The first-order valence-electron chi connectivity index (χ1n) is 8.93. The number of pyridine rings is 1. The highest BCUT2D eigenvalue weighted by atomic mass is 35.5. The Balaban J connectivity index is 1.88. The number of nitrogens with zero attached hydrogens (tertiary/aromatic N) is 3. The number of fused-ring (bicyclic) bond motifs is 3. The minimum atomic E-state index is -0.104. The molecule has 0 spiro atoms. The van der Waals surface area contributed by atoms with Crippen LogP contribution in [0.25, 0.3) is 43.6 Å². The molecule has 4 nitrogen and oxygen atoms in total. The van der Waals surface area contributed by atoms with Gasteiger partial charge in [-0.05, 0) is 36.4 Å². The van der Waals surface area contributed by atoms with Gasteiger partial charge in [-0.2, -0.15) is 0 Å². The van der Waals surface area contributed by atoms with Crippen LogP contribution in [0.4, 0.5) is 0 Å². The van der Waals surface area contributed by atoms with Crippen molar-refractivity contribution in [2.45, 2.75) is 0 Å². The molecule has 7 heteroatoms. The SMILES string of the molecule is Cn1c(=O)c(-c2ccc(Cl)cc2Cl)cc2c3cc(-c4nccs4)ccc3n(C)c21. The van der Waals surface area contributed by atoms with Gasteiger partial charge in [0, 0.05) is 58.2 Å². The van der Waals surface area contributed by atoms with Crippen LogP contribution in [-0.2, 0) is 14.1 Å².